The average molecular weight is 436 g/mol. The number of carbonyl (C=O) groups is 2. The Kier molecular flexibility index (Phi) is 4.84. The van der Waals surface area contributed by atoms with Crippen molar-refractivity contribution in [1.29, 1.82) is 0 Å². The van der Waals surface area contributed by atoms with Crippen LogP contribution in [0.4, 0.5) is 4.79 Å². The van der Waals surface area contributed by atoms with Crippen LogP contribution < -0.4 is 0 Å². The lowest BCUT2D eigenvalue weighted by Crippen LogP contribution is -2.37. The first kappa shape index (κ1) is 21.4. The van der Waals surface area contributed by atoms with Crippen LogP contribution in [-0.2, 0) is 14.9 Å². The molecule has 32 heavy (non-hydrogen) atoms. The molecule has 2 saturated carbocycles. The average Bonchev–Trinajstić information content (AvgIpc) is 3.62. The Morgan fingerprint density at radius 1 is 1.03 bits per heavy atom. The van der Waals surface area contributed by atoms with Gasteiger partial charge in [-0.3, -0.25) is 4.79 Å². The third kappa shape index (κ3) is 4.00. The smallest absolute Gasteiger partial charge is 0.410 e. The third-order valence-corrected chi connectivity index (χ3v) is 7.04. The second kappa shape index (κ2) is 7.26. The number of hydrogen-bond acceptors (Lipinski definition) is 5. The molecule has 3 aliphatic rings. The van der Waals surface area contributed by atoms with E-state index in [9.17, 15) is 9.59 Å². The number of likely N-dealkylation sites (tertiary alicyclic amines) is 1. The normalized spacial score (nSPS) is 25.0. The molecule has 1 aromatic heterocycles. The highest BCUT2D eigenvalue weighted by Gasteiger charge is 2.60. The molecule has 2 aromatic rings. The van der Waals surface area contributed by atoms with Crippen LogP contribution >= 0.6 is 0 Å². The van der Waals surface area contributed by atoms with Gasteiger partial charge in [-0.2, -0.15) is 0 Å². The zero-order chi connectivity index (χ0) is 22.8. The second-order valence-corrected chi connectivity index (χ2v) is 11.5. The minimum absolute atomic E-state index is 0.0592. The van der Waals surface area contributed by atoms with Gasteiger partial charge in [0.1, 0.15) is 17.2 Å². The van der Waals surface area contributed by atoms with Crippen molar-refractivity contribution >= 4 is 22.8 Å². The SMILES string of the molecule is CC(C)(C)OC(=O)N1C[C@@H]2C(C(=O)CC(C)(C)c3nc(C4CC4)nc4ccccc34)[C@@H]2C1. The molecule has 1 aromatic carbocycles. The van der Waals surface area contributed by atoms with Crippen molar-refractivity contribution in [2.75, 3.05) is 13.1 Å². The predicted molar refractivity (Wildman–Crippen MR) is 122 cm³/mol. The Bertz CT molecular complexity index is 1070. The maximum atomic E-state index is 13.3. The van der Waals surface area contributed by atoms with Crippen molar-refractivity contribution in [3.05, 3.63) is 35.8 Å². The summed E-state index contributed by atoms with van der Waals surface area (Å²) in [6.07, 6.45) is 2.49. The van der Waals surface area contributed by atoms with Crippen LogP contribution in [0.25, 0.3) is 10.9 Å². The molecule has 0 bridgehead atoms. The van der Waals surface area contributed by atoms with Gasteiger partial charge < -0.3 is 9.64 Å². The summed E-state index contributed by atoms with van der Waals surface area (Å²) in [5.41, 5.74) is 1.09. The largest absolute Gasteiger partial charge is 0.444 e. The van der Waals surface area contributed by atoms with Crippen molar-refractivity contribution in [3.8, 4) is 0 Å². The Hall–Kier alpha value is -2.50. The molecule has 0 radical (unpaired) electrons. The number of piperidine rings is 1. The van der Waals surface area contributed by atoms with Crippen LogP contribution in [0.3, 0.4) is 0 Å². The van der Waals surface area contributed by atoms with Crippen LogP contribution in [0.5, 0.6) is 0 Å². The monoisotopic (exact) mass is 435 g/mol. The fraction of sp³-hybridized carbons (Fsp3) is 0.615. The molecule has 2 heterocycles. The van der Waals surface area contributed by atoms with Gasteiger partial charge in [-0.05, 0) is 51.5 Å². The molecule has 1 amide bonds. The Morgan fingerprint density at radius 3 is 2.31 bits per heavy atom. The molecule has 1 unspecified atom stereocenters. The first-order chi connectivity index (χ1) is 15.0. The van der Waals surface area contributed by atoms with E-state index in [4.69, 9.17) is 14.7 Å². The van der Waals surface area contributed by atoms with E-state index in [1.807, 2.05) is 39.0 Å². The molecule has 1 aliphatic heterocycles. The van der Waals surface area contributed by atoms with E-state index in [1.54, 1.807) is 4.90 Å². The highest BCUT2D eigenvalue weighted by atomic mass is 16.6. The van der Waals surface area contributed by atoms with Gasteiger partial charge in [-0.25, -0.2) is 14.8 Å². The van der Waals surface area contributed by atoms with Gasteiger partial charge in [0.05, 0.1) is 11.2 Å². The summed E-state index contributed by atoms with van der Waals surface area (Å²) in [5.74, 6) is 2.29. The molecule has 5 rings (SSSR count). The number of amides is 1. The van der Waals surface area contributed by atoms with Crippen molar-refractivity contribution in [2.45, 2.75) is 70.8 Å². The zero-order valence-electron chi connectivity index (χ0n) is 19.7. The summed E-state index contributed by atoms with van der Waals surface area (Å²) in [6.45, 7) is 11.1. The number of nitrogens with zero attached hydrogens (tertiary/aromatic N) is 3. The maximum Gasteiger partial charge on any atom is 0.410 e. The first-order valence-corrected chi connectivity index (χ1v) is 11.8. The summed E-state index contributed by atoms with van der Waals surface area (Å²) < 4.78 is 5.49. The lowest BCUT2D eigenvalue weighted by Gasteiger charge is -2.27. The Balaban J connectivity index is 1.29. The van der Waals surface area contributed by atoms with E-state index in [2.05, 4.69) is 19.9 Å². The minimum atomic E-state index is -0.497. The van der Waals surface area contributed by atoms with Crippen molar-refractivity contribution in [3.63, 3.8) is 0 Å². The number of aromatic nitrogens is 2. The lowest BCUT2D eigenvalue weighted by molar-refractivity contribution is -0.122. The molecule has 3 fully saturated rings. The van der Waals surface area contributed by atoms with E-state index in [0.29, 0.717) is 31.2 Å². The summed E-state index contributed by atoms with van der Waals surface area (Å²) in [4.78, 5) is 37.2. The Morgan fingerprint density at radius 2 is 1.69 bits per heavy atom. The molecule has 0 N–H and O–H groups in total. The molecule has 0 spiro atoms. The number of para-hydroxylation sites is 1. The zero-order valence-corrected chi connectivity index (χ0v) is 19.7. The van der Waals surface area contributed by atoms with Gasteiger partial charge >= 0.3 is 6.09 Å². The number of ether oxygens (including phenoxy) is 1. The van der Waals surface area contributed by atoms with E-state index < -0.39 is 5.60 Å². The quantitative estimate of drug-likeness (QED) is 0.671. The number of hydrogen-bond donors (Lipinski definition) is 0. The number of benzene rings is 1. The number of rotatable bonds is 5. The molecule has 1 saturated heterocycles. The van der Waals surface area contributed by atoms with Crippen LogP contribution in [0.15, 0.2) is 24.3 Å². The number of ketones is 1. The van der Waals surface area contributed by atoms with E-state index in [0.717, 1.165) is 35.3 Å². The van der Waals surface area contributed by atoms with Gasteiger partial charge in [0.2, 0.25) is 0 Å². The fourth-order valence-corrected chi connectivity index (χ4v) is 5.25. The standard InChI is InChI=1S/C26H33N3O3/c1-25(2,3)32-24(31)29-13-17-18(14-29)21(17)20(30)12-26(4,5)22-16-8-6-7-9-19(16)27-23(28-22)15-10-11-15/h6-9,15,17-18,21H,10-14H2,1-5H3/t17-,18+,21?. The summed E-state index contributed by atoms with van der Waals surface area (Å²) >= 11 is 0. The van der Waals surface area contributed by atoms with Gasteiger partial charge in [-0.15, -0.1) is 0 Å². The van der Waals surface area contributed by atoms with Crippen molar-refractivity contribution < 1.29 is 14.3 Å². The van der Waals surface area contributed by atoms with Crippen molar-refractivity contribution in [1.82, 2.24) is 14.9 Å². The van der Waals surface area contributed by atoms with Crippen LogP contribution in [0.2, 0.25) is 0 Å². The topological polar surface area (TPSA) is 72.4 Å². The second-order valence-electron chi connectivity index (χ2n) is 11.5. The summed E-state index contributed by atoms with van der Waals surface area (Å²) in [7, 11) is 0. The molecular formula is C26H33N3O3. The first-order valence-electron chi connectivity index (χ1n) is 11.8. The highest BCUT2D eigenvalue weighted by molar-refractivity contribution is 5.88. The van der Waals surface area contributed by atoms with Gasteiger partial charge in [0, 0.05) is 42.1 Å². The number of carbonyl (C=O) groups excluding carboxylic acids is 2. The molecule has 170 valence electrons. The van der Waals surface area contributed by atoms with Crippen LogP contribution in [-0.4, -0.2) is 45.4 Å². The lowest BCUT2D eigenvalue weighted by atomic mass is 9.80. The number of fused-ring (bicyclic) bond motifs is 2. The van der Waals surface area contributed by atoms with Gasteiger partial charge in [0.25, 0.3) is 0 Å². The van der Waals surface area contributed by atoms with Gasteiger partial charge in [0.15, 0.2) is 0 Å². The van der Waals surface area contributed by atoms with Crippen LogP contribution in [0, 0.1) is 17.8 Å². The fourth-order valence-electron chi connectivity index (χ4n) is 5.25. The maximum absolute atomic E-state index is 13.3. The molecule has 6 nitrogen and oxygen atoms in total. The number of Topliss-reactive ketones (excluding diaryl/α,β-unsaturated/α-hetero) is 1. The summed E-state index contributed by atoms with van der Waals surface area (Å²) in [6, 6.07) is 8.13. The summed E-state index contributed by atoms with van der Waals surface area (Å²) in [5, 5.41) is 1.04. The van der Waals surface area contributed by atoms with E-state index in [1.165, 1.54) is 0 Å². The third-order valence-electron chi connectivity index (χ3n) is 7.04. The molecule has 3 atom stereocenters. The van der Waals surface area contributed by atoms with Crippen LogP contribution in [0.1, 0.15) is 71.3 Å². The molecule has 6 heteroatoms. The molecule has 2 aliphatic carbocycles. The minimum Gasteiger partial charge on any atom is -0.444 e. The molecular weight excluding hydrogens is 402 g/mol. The highest BCUT2D eigenvalue weighted by Crippen LogP contribution is 2.53. The Labute approximate surface area is 189 Å². The van der Waals surface area contributed by atoms with Gasteiger partial charge in [-0.1, -0.05) is 32.0 Å². The van der Waals surface area contributed by atoms with Crippen molar-refractivity contribution in [2.24, 2.45) is 17.8 Å². The predicted octanol–water partition coefficient (Wildman–Crippen LogP) is 4.86. The van der Waals surface area contributed by atoms with E-state index in [-0.39, 0.29) is 29.3 Å². The van der Waals surface area contributed by atoms with E-state index >= 15 is 0 Å².